The van der Waals surface area contributed by atoms with E-state index in [0.29, 0.717) is 35.3 Å². The number of methoxy groups -OCH3 is 1. The number of carboxylic acid groups (broad SMARTS) is 1. The Bertz CT molecular complexity index is 1100. The molecule has 0 aliphatic carbocycles. The molecule has 4 rings (SSSR count). The molecular weight excluding hydrogens is 451 g/mol. The first-order valence-electron chi connectivity index (χ1n) is 10.2. The monoisotopic (exact) mass is 474 g/mol. The van der Waals surface area contributed by atoms with Crippen LogP contribution in [0.1, 0.15) is 17.5 Å². The number of benzene rings is 1. The van der Waals surface area contributed by atoms with Crippen molar-refractivity contribution in [2.45, 2.75) is 18.5 Å². The molecule has 174 valence electrons. The molecule has 33 heavy (non-hydrogen) atoms. The lowest BCUT2D eigenvalue weighted by atomic mass is 9.82. The fourth-order valence-electron chi connectivity index (χ4n) is 4.03. The van der Waals surface area contributed by atoms with Gasteiger partial charge in [0.25, 0.3) is 0 Å². The van der Waals surface area contributed by atoms with Crippen LogP contribution < -0.4 is 5.32 Å². The number of aliphatic carboxylic acids is 1. The molecule has 11 heteroatoms. The van der Waals surface area contributed by atoms with E-state index in [-0.39, 0.29) is 18.7 Å². The van der Waals surface area contributed by atoms with Crippen molar-refractivity contribution in [1.29, 1.82) is 0 Å². The Hall–Kier alpha value is -3.15. The van der Waals surface area contributed by atoms with Crippen LogP contribution in [0.4, 0.5) is 4.39 Å². The highest BCUT2D eigenvalue weighted by atomic mass is 32.1. The molecule has 1 fully saturated rings. The zero-order valence-electron chi connectivity index (χ0n) is 18.1. The maximum atomic E-state index is 13.7. The largest absolute Gasteiger partial charge is 0.480 e. The fraction of sp³-hybridized carbons (Fsp3) is 0.364. The number of carbonyl (C=O) groups is 2. The lowest BCUT2D eigenvalue weighted by Gasteiger charge is -2.38. The number of halogens is 1. The number of ether oxygens (including phenoxy) is 2. The second-order valence-corrected chi connectivity index (χ2v) is 8.64. The van der Waals surface area contributed by atoms with Crippen LogP contribution in [-0.2, 0) is 24.6 Å². The Kier molecular flexibility index (Phi) is 6.54. The van der Waals surface area contributed by atoms with E-state index in [1.165, 1.54) is 30.6 Å². The van der Waals surface area contributed by atoms with Crippen LogP contribution in [0.2, 0.25) is 0 Å². The number of hydrogen-bond donors (Lipinski definition) is 2. The zero-order valence-corrected chi connectivity index (χ0v) is 18.9. The van der Waals surface area contributed by atoms with E-state index < -0.39 is 29.3 Å². The van der Waals surface area contributed by atoms with Crippen LogP contribution in [0.5, 0.6) is 0 Å². The Balaban J connectivity index is 1.85. The van der Waals surface area contributed by atoms with Gasteiger partial charge >= 0.3 is 11.9 Å². The number of hydrogen-bond acceptors (Lipinski definition) is 9. The summed E-state index contributed by atoms with van der Waals surface area (Å²) in [5, 5.41) is 15.2. The fourth-order valence-corrected chi connectivity index (χ4v) is 4.61. The van der Waals surface area contributed by atoms with E-state index in [2.05, 4.69) is 10.3 Å². The van der Waals surface area contributed by atoms with Gasteiger partial charge in [-0.25, -0.2) is 19.2 Å². The Morgan fingerprint density at radius 2 is 2.15 bits per heavy atom. The molecule has 2 aliphatic rings. The van der Waals surface area contributed by atoms with Gasteiger partial charge in [-0.3, -0.25) is 9.69 Å². The SMILES string of the molecule is COC(=O)C1=C(CN2CCOC[C@@H]2C(=O)O)NC(c2nccs2)=N[C@@]1(C)c1ccc(F)cc1. The van der Waals surface area contributed by atoms with Gasteiger partial charge in [0.1, 0.15) is 17.4 Å². The molecule has 0 spiro atoms. The molecule has 1 aromatic heterocycles. The molecule has 1 aromatic carbocycles. The topological polar surface area (TPSA) is 113 Å². The molecule has 0 amide bonds. The summed E-state index contributed by atoms with van der Waals surface area (Å²) in [7, 11) is 1.27. The minimum Gasteiger partial charge on any atom is -0.480 e. The van der Waals surface area contributed by atoms with E-state index in [9.17, 15) is 19.1 Å². The molecule has 0 unspecified atom stereocenters. The van der Waals surface area contributed by atoms with E-state index in [1.54, 1.807) is 35.5 Å². The maximum Gasteiger partial charge on any atom is 0.338 e. The smallest absolute Gasteiger partial charge is 0.338 e. The van der Waals surface area contributed by atoms with E-state index >= 15 is 0 Å². The highest BCUT2D eigenvalue weighted by molar-refractivity contribution is 7.11. The first-order chi connectivity index (χ1) is 15.8. The standard InChI is InChI=1S/C22H23FN4O5S/c1-22(13-3-5-14(23)6-4-13)17(21(30)31-2)15(25-18(26-22)19-24-7-10-33-19)11-27-8-9-32-12-16(27)20(28)29/h3-7,10,16H,8-9,11-12H2,1-2H3,(H,25,26)(H,28,29)/t16-,22+/m1/s1. The molecule has 3 heterocycles. The first-order valence-corrected chi connectivity index (χ1v) is 11.1. The summed E-state index contributed by atoms with van der Waals surface area (Å²) >= 11 is 1.37. The van der Waals surface area contributed by atoms with Crippen LogP contribution in [0.3, 0.4) is 0 Å². The average Bonchev–Trinajstić information content (AvgIpc) is 3.34. The Morgan fingerprint density at radius 1 is 1.39 bits per heavy atom. The van der Waals surface area contributed by atoms with Crippen molar-refractivity contribution in [2.75, 3.05) is 33.4 Å². The summed E-state index contributed by atoms with van der Waals surface area (Å²) in [5.41, 5.74) is 0.0107. The molecular formula is C22H23FN4O5S. The third-order valence-corrected chi connectivity index (χ3v) is 6.49. The number of carboxylic acids is 1. The van der Waals surface area contributed by atoms with Gasteiger partial charge in [-0.1, -0.05) is 12.1 Å². The number of nitrogens with one attached hydrogen (secondary N) is 1. The van der Waals surface area contributed by atoms with Gasteiger partial charge in [-0.15, -0.1) is 11.3 Å². The van der Waals surface area contributed by atoms with Crippen LogP contribution in [-0.4, -0.2) is 72.2 Å². The van der Waals surface area contributed by atoms with Gasteiger partial charge in [-0.2, -0.15) is 0 Å². The van der Waals surface area contributed by atoms with Gasteiger partial charge in [-0.05, 0) is 24.6 Å². The van der Waals surface area contributed by atoms with Crippen molar-refractivity contribution < 1.29 is 28.6 Å². The lowest BCUT2D eigenvalue weighted by molar-refractivity contribution is -0.149. The Morgan fingerprint density at radius 3 is 2.79 bits per heavy atom. The van der Waals surface area contributed by atoms with Crippen LogP contribution in [0.25, 0.3) is 0 Å². The minimum atomic E-state index is -1.23. The molecule has 2 aliphatic heterocycles. The summed E-state index contributed by atoms with van der Waals surface area (Å²) in [6.45, 7) is 2.64. The third kappa shape index (κ3) is 4.52. The number of aliphatic imine (C=N–C) groups is 1. The maximum absolute atomic E-state index is 13.7. The van der Waals surface area contributed by atoms with E-state index in [1.807, 2.05) is 0 Å². The van der Waals surface area contributed by atoms with Crippen molar-refractivity contribution in [3.8, 4) is 0 Å². The second-order valence-electron chi connectivity index (χ2n) is 7.75. The Labute approximate surface area is 193 Å². The molecule has 2 N–H and O–H groups in total. The van der Waals surface area contributed by atoms with Gasteiger partial charge in [0, 0.05) is 30.4 Å². The van der Waals surface area contributed by atoms with Crippen LogP contribution >= 0.6 is 11.3 Å². The quantitative estimate of drug-likeness (QED) is 0.609. The average molecular weight is 475 g/mol. The molecule has 0 saturated carbocycles. The predicted octanol–water partition coefficient (Wildman–Crippen LogP) is 1.76. The molecule has 0 bridgehead atoms. The van der Waals surface area contributed by atoms with Gasteiger partial charge in [0.2, 0.25) is 0 Å². The van der Waals surface area contributed by atoms with Gasteiger partial charge < -0.3 is 19.9 Å². The number of aromatic nitrogens is 1. The number of rotatable bonds is 6. The summed E-state index contributed by atoms with van der Waals surface area (Å²) in [4.78, 5) is 35.7. The number of amidine groups is 1. The first kappa shape index (κ1) is 23.0. The lowest BCUT2D eigenvalue weighted by Crippen LogP contribution is -2.53. The number of carbonyl (C=O) groups excluding carboxylic acids is 1. The minimum absolute atomic E-state index is 0.0405. The second kappa shape index (κ2) is 9.38. The summed E-state index contributed by atoms with van der Waals surface area (Å²) in [5.74, 6) is -1.62. The normalized spacial score (nSPS) is 23.6. The molecule has 2 aromatic rings. The molecule has 0 radical (unpaired) electrons. The van der Waals surface area contributed by atoms with Gasteiger partial charge in [0.05, 0.1) is 25.9 Å². The molecule has 1 saturated heterocycles. The number of esters is 1. The van der Waals surface area contributed by atoms with Crippen molar-refractivity contribution in [1.82, 2.24) is 15.2 Å². The van der Waals surface area contributed by atoms with Crippen molar-refractivity contribution in [2.24, 2.45) is 4.99 Å². The van der Waals surface area contributed by atoms with E-state index in [4.69, 9.17) is 14.5 Å². The van der Waals surface area contributed by atoms with E-state index in [0.717, 1.165) is 0 Å². The third-order valence-electron chi connectivity index (χ3n) is 5.71. The highest BCUT2D eigenvalue weighted by Crippen LogP contribution is 2.39. The number of morpholine rings is 1. The van der Waals surface area contributed by atoms with Crippen LogP contribution in [0.15, 0.2) is 52.1 Å². The molecule has 2 atom stereocenters. The van der Waals surface area contributed by atoms with Crippen LogP contribution in [0, 0.1) is 5.82 Å². The van der Waals surface area contributed by atoms with Crippen molar-refractivity contribution in [3.63, 3.8) is 0 Å². The summed E-state index contributed by atoms with van der Waals surface area (Å²) in [6.07, 6.45) is 1.64. The summed E-state index contributed by atoms with van der Waals surface area (Å²) in [6, 6.07) is 4.88. The van der Waals surface area contributed by atoms with Crippen molar-refractivity contribution in [3.05, 3.63) is 63.5 Å². The number of thiazole rings is 1. The highest BCUT2D eigenvalue weighted by Gasteiger charge is 2.43. The number of nitrogens with zero attached hydrogens (tertiary/aromatic N) is 3. The predicted molar refractivity (Wildman–Crippen MR) is 118 cm³/mol. The van der Waals surface area contributed by atoms with Crippen molar-refractivity contribution >= 4 is 29.1 Å². The zero-order chi connectivity index (χ0) is 23.6. The molecule has 9 nitrogen and oxygen atoms in total. The summed E-state index contributed by atoms with van der Waals surface area (Å²) < 4.78 is 24.1. The van der Waals surface area contributed by atoms with Gasteiger partial charge in [0.15, 0.2) is 10.8 Å².